The first-order valence-corrected chi connectivity index (χ1v) is 7.00. The molecule has 106 valence electrons. The Morgan fingerprint density at radius 2 is 2.05 bits per heavy atom. The SMILES string of the molecule is CCOC(=O)CCC[C@H](Br)C(=O)c1[nH]c(=O)[nH]c1C. The largest absolute Gasteiger partial charge is 0.466 e. The monoisotopic (exact) mass is 332 g/mol. The van der Waals surface area contributed by atoms with E-state index < -0.39 is 10.5 Å². The third kappa shape index (κ3) is 4.66. The molecule has 0 unspecified atom stereocenters. The van der Waals surface area contributed by atoms with Crippen LogP contribution in [0, 0.1) is 6.92 Å². The van der Waals surface area contributed by atoms with Gasteiger partial charge in [0, 0.05) is 12.1 Å². The van der Waals surface area contributed by atoms with E-state index in [9.17, 15) is 14.4 Å². The number of hydrogen-bond donors (Lipinski definition) is 2. The minimum atomic E-state index is -0.424. The molecule has 2 N–H and O–H groups in total. The Balaban J connectivity index is 2.48. The Labute approximate surface area is 119 Å². The molecule has 0 aliphatic heterocycles. The second-order valence-electron chi connectivity index (χ2n) is 4.11. The number of ketones is 1. The summed E-state index contributed by atoms with van der Waals surface area (Å²) >= 11 is 3.27. The summed E-state index contributed by atoms with van der Waals surface area (Å²) in [4.78, 5) is 38.8. The summed E-state index contributed by atoms with van der Waals surface area (Å²) in [5.74, 6) is -0.458. The van der Waals surface area contributed by atoms with Crippen molar-refractivity contribution in [1.82, 2.24) is 9.97 Å². The molecule has 1 rings (SSSR count). The van der Waals surface area contributed by atoms with Gasteiger partial charge >= 0.3 is 11.7 Å². The van der Waals surface area contributed by atoms with Crippen molar-refractivity contribution in [3.63, 3.8) is 0 Å². The molecule has 0 radical (unpaired) electrons. The van der Waals surface area contributed by atoms with Crippen LogP contribution in [0.1, 0.15) is 42.4 Å². The molecule has 0 amide bonds. The minimum absolute atomic E-state index is 0.195. The number of ether oxygens (including phenoxy) is 1. The van der Waals surface area contributed by atoms with E-state index in [-0.39, 0.29) is 23.9 Å². The van der Waals surface area contributed by atoms with Gasteiger partial charge in [0.1, 0.15) is 5.69 Å². The lowest BCUT2D eigenvalue weighted by molar-refractivity contribution is -0.143. The van der Waals surface area contributed by atoms with Gasteiger partial charge in [-0.05, 0) is 26.7 Å². The van der Waals surface area contributed by atoms with Gasteiger partial charge in [-0.15, -0.1) is 0 Å². The van der Waals surface area contributed by atoms with Gasteiger partial charge in [-0.1, -0.05) is 15.9 Å². The lowest BCUT2D eigenvalue weighted by Crippen LogP contribution is -2.17. The third-order valence-corrected chi connectivity index (χ3v) is 3.46. The van der Waals surface area contributed by atoms with Crippen LogP contribution in [0.3, 0.4) is 0 Å². The molecule has 0 aromatic carbocycles. The topological polar surface area (TPSA) is 92.0 Å². The van der Waals surface area contributed by atoms with Crippen molar-refractivity contribution in [2.75, 3.05) is 6.61 Å². The van der Waals surface area contributed by atoms with Gasteiger partial charge in [-0.2, -0.15) is 0 Å². The lowest BCUT2D eigenvalue weighted by atomic mass is 10.1. The molecule has 0 spiro atoms. The van der Waals surface area contributed by atoms with Crippen LogP contribution < -0.4 is 5.69 Å². The highest BCUT2D eigenvalue weighted by atomic mass is 79.9. The number of Topliss-reactive ketones (excluding diaryl/α,β-unsaturated/α-hetero) is 1. The molecule has 0 aliphatic rings. The number of H-pyrrole nitrogens is 2. The van der Waals surface area contributed by atoms with E-state index >= 15 is 0 Å². The van der Waals surface area contributed by atoms with E-state index in [2.05, 4.69) is 25.9 Å². The zero-order valence-corrected chi connectivity index (χ0v) is 12.5. The van der Waals surface area contributed by atoms with Crippen molar-refractivity contribution in [3.05, 3.63) is 21.9 Å². The number of aryl methyl sites for hydroxylation is 1. The summed E-state index contributed by atoms with van der Waals surface area (Å²) in [6.07, 6.45) is 1.34. The van der Waals surface area contributed by atoms with Crippen molar-refractivity contribution in [3.8, 4) is 0 Å². The predicted molar refractivity (Wildman–Crippen MR) is 73.7 cm³/mol. The minimum Gasteiger partial charge on any atom is -0.466 e. The van der Waals surface area contributed by atoms with Crippen LogP contribution in [0.4, 0.5) is 0 Å². The number of aromatic amines is 2. The summed E-state index contributed by atoms with van der Waals surface area (Å²) in [5.41, 5.74) is 0.403. The number of carbonyl (C=O) groups excluding carboxylic acids is 2. The van der Waals surface area contributed by atoms with E-state index in [0.29, 0.717) is 25.1 Å². The van der Waals surface area contributed by atoms with Gasteiger partial charge in [0.2, 0.25) is 0 Å². The molecular weight excluding hydrogens is 316 g/mol. The van der Waals surface area contributed by atoms with Crippen LogP contribution in [-0.4, -0.2) is 33.2 Å². The fraction of sp³-hybridized carbons (Fsp3) is 0.583. The molecule has 7 heteroatoms. The van der Waals surface area contributed by atoms with Gasteiger partial charge < -0.3 is 14.7 Å². The van der Waals surface area contributed by atoms with Gasteiger partial charge in [0.05, 0.1) is 11.4 Å². The highest BCUT2D eigenvalue weighted by Gasteiger charge is 2.21. The summed E-state index contributed by atoms with van der Waals surface area (Å²) in [7, 11) is 0. The molecule has 0 saturated heterocycles. The summed E-state index contributed by atoms with van der Waals surface area (Å²) in [6, 6.07) is 0. The predicted octanol–water partition coefficient (Wildman–Crippen LogP) is 1.69. The number of esters is 1. The van der Waals surface area contributed by atoms with E-state index in [0.717, 1.165) is 0 Å². The molecular formula is C12H17BrN2O4. The Morgan fingerprint density at radius 3 is 2.58 bits per heavy atom. The lowest BCUT2D eigenvalue weighted by Gasteiger charge is -2.07. The zero-order chi connectivity index (χ0) is 14.4. The summed E-state index contributed by atoms with van der Waals surface area (Å²) in [5, 5.41) is 0. The second kappa shape index (κ2) is 7.28. The van der Waals surface area contributed by atoms with Gasteiger partial charge in [0.25, 0.3) is 0 Å². The molecule has 1 aromatic rings. The first-order chi connectivity index (χ1) is 8.95. The van der Waals surface area contributed by atoms with Crippen molar-refractivity contribution in [2.24, 2.45) is 0 Å². The molecule has 1 atom stereocenters. The number of aromatic nitrogens is 2. The number of rotatable bonds is 7. The number of alkyl halides is 1. The van der Waals surface area contributed by atoms with Crippen LogP contribution in [-0.2, 0) is 9.53 Å². The van der Waals surface area contributed by atoms with Gasteiger partial charge in [-0.25, -0.2) is 4.79 Å². The second-order valence-corrected chi connectivity index (χ2v) is 5.21. The maximum atomic E-state index is 12.0. The molecule has 0 fully saturated rings. The fourth-order valence-corrected chi connectivity index (χ4v) is 2.22. The van der Waals surface area contributed by atoms with Gasteiger partial charge in [-0.3, -0.25) is 9.59 Å². The molecule has 0 saturated carbocycles. The van der Waals surface area contributed by atoms with Crippen molar-refractivity contribution in [1.29, 1.82) is 0 Å². The quantitative estimate of drug-likeness (QED) is 0.451. The highest BCUT2D eigenvalue weighted by molar-refractivity contribution is 9.10. The molecule has 19 heavy (non-hydrogen) atoms. The van der Waals surface area contributed by atoms with Crippen LogP contribution in [0.25, 0.3) is 0 Å². The zero-order valence-electron chi connectivity index (χ0n) is 10.9. The fourth-order valence-electron chi connectivity index (χ4n) is 1.66. The highest BCUT2D eigenvalue weighted by Crippen LogP contribution is 2.16. The number of nitrogens with one attached hydrogen (secondary N) is 2. The first-order valence-electron chi connectivity index (χ1n) is 6.08. The van der Waals surface area contributed by atoms with Crippen LogP contribution >= 0.6 is 15.9 Å². The number of halogens is 1. The maximum Gasteiger partial charge on any atom is 0.323 e. The maximum absolute atomic E-state index is 12.0. The van der Waals surface area contributed by atoms with Crippen molar-refractivity contribution < 1.29 is 14.3 Å². The van der Waals surface area contributed by atoms with Crippen molar-refractivity contribution in [2.45, 2.75) is 37.9 Å². The number of hydrogen-bond acceptors (Lipinski definition) is 4. The van der Waals surface area contributed by atoms with E-state index in [4.69, 9.17) is 4.74 Å². The number of imidazole rings is 1. The average molecular weight is 333 g/mol. The van der Waals surface area contributed by atoms with Gasteiger partial charge in [0.15, 0.2) is 5.78 Å². The molecule has 1 heterocycles. The molecule has 6 nitrogen and oxygen atoms in total. The Bertz CT molecular complexity index is 506. The Kier molecular flexibility index (Phi) is 6.01. The summed E-state index contributed by atoms with van der Waals surface area (Å²) < 4.78 is 4.80. The first kappa shape index (κ1) is 15.7. The third-order valence-electron chi connectivity index (χ3n) is 2.59. The standard InChI is InChI=1S/C12H17BrN2O4/c1-3-19-9(16)6-4-5-8(13)11(17)10-7(2)14-12(18)15-10/h8H,3-6H2,1-2H3,(H2,14,15,18)/t8-/m0/s1. The van der Waals surface area contributed by atoms with Crippen LogP contribution in [0.2, 0.25) is 0 Å². The normalized spacial score (nSPS) is 12.2. The smallest absolute Gasteiger partial charge is 0.323 e. The van der Waals surface area contributed by atoms with E-state index in [1.807, 2.05) is 0 Å². The van der Waals surface area contributed by atoms with E-state index in [1.165, 1.54) is 0 Å². The summed E-state index contributed by atoms with van der Waals surface area (Å²) in [6.45, 7) is 3.77. The van der Waals surface area contributed by atoms with Crippen molar-refractivity contribution >= 4 is 27.7 Å². The van der Waals surface area contributed by atoms with Crippen LogP contribution in [0.5, 0.6) is 0 Å². The Hall–Kier alpha value is -1.37. The molecule has 0 aliphatic carbocycles. The van der Waals surface area contributed by atoms with Crippen LogP contribution in [0.15, 0.2) is 4.79 Å². The number of carbonyl (C=O) groups is 2. The Morgan fingerprint density at radius 1 is 1.37 bits per heavy atom. The average Bonchev–Trinajstić information content (AvgIpc) is 2.67. The molecule has 0 bridgehead atoms. The molecule has 1 aromatic heterocycles. The van der Waals surface area contributed by atoms with E-state index in [1.54, 1.807) is 13.8 Å².